The zero-order valence-electron chi connectivity index (χ0n) is 26.7. The van der Waals surface area contributed by atoms with E-state index in [-0.39, 0.29) is 0 Å². The van der Waals surface area contributed by atoms with Crippen molar-refractivity contribution >= 4 is 57.2 Å². The van der Waals surface area contributed by atoms with Gasteiger partial charge in [0.15, 0.2) is 8.80 Å². The molecular formula is C38H48Si3. The Morgan fingerprint density at radius 2 is 1.32 bits per heavy atom. The van der Waals surface area contributed by atoms with Crippen molar-refractivity contribution in [3.8, 4) is 0 Å². The van der Waals surface area contributed by atoms with Crippen LogP contribution < -0.4 is 25.9 Å². The molecule has 0 saturated heterocycles. The van der Waals surface area contributed by atoms with Crippen LogP contribution in [-0.2, 0) is 0 Å². The molecule has 212 valence electrons. The molecule has 4 aromatic carbocycles. The molecule has 3 heteroatoms. The van der Waals surface area contributed by atoms with E-state index in [4.69, 9.17) is 0 Å². The van der Waals surface area contributed by atoms with Gasteiger partial charge in [-0.3, -0.25) is 0 Å². The Bertz CT molecular complexity index is 1470. The zero-order valence-corrected chi connectivity index (χ0v) is 29.7. The van der Waals surface area contributed by atoms with Crippen LogP contribution in [0.5, 0.6) is 0 Å². The van der Waals surface area contributed by atoms with Crippen LogP contribution in [0.25, 0.3) is 5.57 Å². The molecule has 4 rings (SSSR count). The molecule has 0 N–H and O–H groups in total. The van der Waals surface area contributed by atoms with Crippen molar-refractivity contribution in [2.24, 2.45) is 0 Å². The first-order valence-corrected chi connectivity index (χ1v) is 21.6. The summed E-state index contributed by atoms with van der Waals surface area (Å²) in [7, 11) is -3.37. The van der Waals surface area contributed by atoms with Gasteiger partial charge in [-0.2, -0.15) is 0 Å². The Labute approximate surface area is 254 Å². The third kappa shape index (κ3) is 6.09. The fourth-order valence-corrected chi connectivity index (χ4v) is 16.3. The summed E-state index contributed by atoms with van der Waals surface area (Å²) in [4.78, 5) is 0. The van der Waals surface area contributed by atoms with Crippen molar-refractivity contribution in [1.29, 1.82) is 0 Å². The van der Waals surface area contributed by atoms with Gasteiger partial charge in [-0.05, 0) is 57.9 Å². The first kappa shape index (κ1) is 31.2. The lowest BCUT2D eigenvalue weighted by atomic mass is 9.93. The number of hydrogen-bond acceptors (Lipinski definition) is 0. The largest absolute Gasteiger partial charge is 0.154 e. The molecule has 0 saturated carbocycles. The SMILES string of the molecule is C=C(c1ccccc1)c1ccc([Si](c2ccc([Si](C)C)cc2)c2cccc([Si](CC)(C(C)C)C(C)C)c2)c(C)c1C. The third-order valence-electron chi connectivity index (χ3n) is 9.59. The van der Waals surface area contributed by atoms with Gasteiger partial charge in [0.2, 0.25) is 0 Å². The first-order chi connectivity index (χ1) is 19.5. The highest BCUT2D eigenvalue weighted by molar-refractivity contribution is 6.97. The maximum Gasteiger partial charge on any atom is 0.154 e. The van der Waals surface area contributed by atoms with Crippen molar-refractivity contribution in [3.05, 3.63) is 120 Å². The van der Waals surface area contributed by atoms with Crippen molar-refractivity contribution in [2.45, 2.75) is 78.7 Å². The molecule has 0 aliphatic carbocycles. The number of rotatable bonds is 10. The molecular weight excluding hydrogens is 541 g/mol. The summed E-state index contributed by atoms with van der Waals surface area (Å²) in [6, 6.07) is 36.2. The Morgan fingerprint density at radius 1 is 0.707 bits per heavy atom. The van der Waals surface area contributed by atoms with Crippen LogP contribution >= 0.6 is 0 Å². The number of benzene rings is 4. The van der Waals surface area contributed by atoms with Crippen LogP contribution in [0.15, 0.2) is 97.6 Å². The van der Waals surface area contributed by atoms with Crippen LogP contribution in [0.3, 0.4) is 0 Å². The molecule has 0 spiro atoms. The predicted octanol–water partition coefficient (Wildman–Crippen LogP) is 7.34. The minimum atomic E-state index is -1.68. The second kappa shape index (κ2) is 13.1. The minimum absolute atomic E-state index is 0.479. The van der Waals surface area contributed by atoms with Crippen molar-refractivity contribution in [1.82, 2.24) is 0 Å². The summed E-state index contributed by atoms with van der Waals surface area (Å²) in [6.45, 7) is 26.2. The van der Waals surface area contributed by atoms with Gasteiger partial charge in [-0.15, -0.1) is 0 Å². The van der Waals surface area contributed by atoms with E-state index in [0.717, 1.165) is 5.57 Å². The lowest BCUT2D eigenvalue weighted by Crippen LogP contribution is -2.57. The Kier molecular flexibility index (Phi) is 9.94. The fourth-order valence-electron chi connectivity index (χ4n) is 6.98. The van der Waals surface area contributed by atoms with Crippen molar-refractivity contribution < 1.29 is 0 Å². The molecule has 0 nitrogen and oxygen atoms in total. The van der Waals surface area contributed by atoms with Gasteiger partial charge in [0.05, 0.1) is 16.9 Å². The molecule has 2 radical (unpaired) electrons. The molecule has 0 aromatic heterocycles. The van der Waals surface area contributed by atoms with Crippen LogP contribution in [0, 0.1) is 13.8 Å². The van der Waals surface area contributed by atoms with E-state index in [1.807, 2.05) is 0 Å². The van der Waals surface area contributed by atoms with Gasteiger partial charge in [0.25, 0.3) is 0 Å². The van der Waals surface area contributed by atoms with Gasteiger partial charge in [0, 0.05) is 0 Å². The fraction of sp³-hybridized carbons (Fsp3) is 0.316. The van der Waals surface area contributed by atoms with E-state index in [2.05, 4.69) is 159 Å². The van der Waals surface area contributed by atoms with Gasteiger partial charge in [0.1, 0.15) is 0 Å². The summed E-state index contributed by atoms with van der Waals surface area (Å²) in [5, 5.41) is 7.64. The minimum Gasteiger partial charge on any atom is -0.0905 e. The molecule has 0 aliphatic heterocycles. The molecule has 0 unspecified atom stereocenters. The van der Waals surface area contributed by atoms with Gasteiger partial charge >= 0.3 is 0 Å². The molecule has 4 aromatic rings. The summed E-state index contributed by atoms with van der Waals surface area (Å²) >= 11 is 0. The molecule has 0 aliphatic rings. The summed E-state index contributed by atoms with van der Waals surface area (Å²) in [5.41, 5.74) is 7.72. The second-order valence-corrected chi connectivity index (χ2v) is 23.2. The zero-order chi connectivity index (χ0) is 29.9. The first-order valence-electron chi connectivity index (χ1n) is 15.3. The average molecular weight is 589 g/mol. The van der Waals surface area contributed by atoms with E-state index in [9.17, 15) is 0 Å². The molecule has 0 amide bonds. The smallest absolute Gasteiger partial charge is 0.0905 e. The maximum atomic E-state index is 4.51. The lowest BCUT2D eigenvalue weighted by molar-refractivity contribution is 0.896. The van der Waals surface area contributed by atoms with E-state index in [1.54, 1.807) is 5.19 Å². The Hall–Kier alpha value is -2.73. The van der Waals surface area contributed by atoms with E-state index < -0.39 is 25.7 Å². The van der Waals surface area contributed by atoms with Crippen molar-refractivity contribution in [3.63, 3.8) is 0 Å². The highest BCUT2D eigenvalue weighted by atomic mass is 28.3. The lowest BCUT2D eigenvalue weighted by Gasteiger charge is -2.39. The van der Waals surface area contributed by atoms with Crippen LogP contribution in [0.1, 0.15) is 56.9 Å². The molecule has 0 heterocycles. The summed E-state index contributed by atoms with van der Waals surface area (Å²) in [5.74, 6) is 0. The Balaban J connectivity index is 1.91. The quantitative estimate of drug-likeness (QED) is 0.134. The molecule has 0 atom stereocenters. The molecule has 0 bridgehead atoms. The Morgan fingerprint density at radius 3 is 1.88 bits per heavy atom. The van der Waals surface area contributed by atoms with Crippen LogP contribution in [0.4, 0.5) is 0 Å². The summed E-state index contributed by atoms with van der Waals surface area (Å²) in [6.07, 6.45) is 0. The van der Waals surface area contributed by atoms with Gasteiger partial charge in [-0.1, -0.05) is 172 Å². The van der Waals surface area contributed by atoms with Gasteiger partial charge < -0.3 is 0 Å². The van der Waals surface area contributed by atoms with Crippen LogP contribution in [-0.4, -0.2) is 25.7 Å². The van der Waals surface area contributed by atoms with E-state index >= 15 is 0 Å². The van der Waals surface area contributed by atoms with Crippen LogP contribution in [0.2, 0.25) is 30.2 Å². The molecule has 41 heavy (non-hydrogen) atoms. The normalized spacial score (nSPS) is 12.1. The van der Waals surface area contributed by atoms with E-state index in [1.165, 1.54) is 49.0 Å². The molecule has 0 fully saturated rings. The highest BCUT2D eigenvalue weighted by Crippen LogP contribution is 2.35. The second-order valence-electron chi connectivity index (χ2n) is 12.5. The van der Waals surface area contributed by atoms with Crippen molar-refractivity contribution in [2.75, 3.05) is 0 Å². The highest BCUT2D eigenvalue weighted by Gasteiger charge is 2.40. The standard InChI is InChI=1S/C38H48Si3/c1-11-41(27(2)3,28(4)5)36-19-15-18-35(26-36)40(34-22-20-33(21-23-34)39(9)10)38-25-24-37(29(6)30(38)7)31(8)32-16-13-12-14-17-32/h12-28H,8,11H2,1-7,9-10H3. The topological polar surface area (TPSA) is 0 Å². The summed E-state index contributed by atoms with van der Waals surface area (Å²) < 4.78 is 0. The number of hydrogen-bond donors (Lipinski definition) is 0. The maximum absolute atomic E-state index is 4.51. The van der Waals surface area contributed by atoms with Gasteiger partial charge in [-0.25, -0.2) is 0 Å². The monoisotopic (exact) mass is 588 g/mol. The third-order valence-corrected chi connectivity index (χ3v) is 20.6. The average Bonchev–Trinajstić information content (AvgIpc) is 2.96. The predicted molar refractivity (Wildman–Crippen MR) is 191 cm³/mol. The van der Waals surface area contributed by atoms with E-state index in [0.29, 0.717) is 11.1 Å².